The van der Waals surface area contributed by atoms with Crippen LogP contribution in [0.15, 0.2) is 72.8 Å². The molecule has 7 heteroatoms. The lowest BCUT2D eigenvalue weighted by Gasteiger charge is -2.23. The normalized spacial score (nSPS) is 15.9. The van der Waals surface area contributed by atoms with Crippen molar-refractivity contribution in [3.8, 4) is 0 Å². The summed E-state index contributed by atoms with van der Waals surface area (Å²) < 4.78 is 5.51. The van der Waals surface area contributed by atoms with Crippen molar-refractivity contribution in [2.75, 3.05) is 6.61 Å². The Balaban J connectivity index is 2.08. The summed E-state index contributed by atoms with van der Waals surface area (Å²) in [6, 6.07) is 18.3. The average molecular weight is 388 g/mol. The van der Waals surface area contributed by atoms with Crippen LogP contribution in [-0.4, -0.2) is 62.5 Å². The molecule has 28 heavy (non-hydrogen) atoms. The van der Waals surface area contributed by atoms with Crippen LogP contribution in [0.2, 0.25) is 0 Å². The maximum Gasteiger partial charge on any atom is 0.331 e. The molecule has 0 saturated heterocycles. The minimum Gasteiger partial charge on any atom is -0.449 e. The first-order valence-electron chi connectivity index (χ1n) is 8.76. The first kappa shape index (κ1) is 21.7. The molecule has 0 heterocycles. The Kier molecular flexibility index (Phi) is 8.31. The van der Waals surface area contributed by atoms with Crippen molar-refractivity contribution in [1.29, 1.82) is 0 Å². The third-order valence-electron chi connectivity index (χ3n) is 4.15. The highest BCUT2D eigenvalue weighted by Gasteiger charge is 2.29. The second kappa shape index (κ2) is 10.7. The van der Waals surface area contributed by atoms with Gasteiger partial charge in [-0.3, -0.25) is 0 Å². The molecule has 150 valence electrons. The number of carbonyl (C=O) groups excluding carboxylic acids is 1. The van der Waals surface area contributed by atoms with Gasteiger partial charge in [0.25, 0.3) is 0 Å². The van der Waals surface area contributed by atoms with Gasteiger partial charge < -0.3 is 30.3 Å². The number of rotatable bonds is 9. The number of aliphatic hydroxyl groups excluding tert-OH is 5. The SMILES string of the molecule is O=C(/C=C/[C@H](O)[C@@H](O)[C@@H](O)[C@H](O)CO)OC(c1ccccc1)c1ccccc1. The number of carbonyl (C=O) groups is 1. The lowest BCUT2D eigenvalue weighted by atomic mass is 10.0. The zero-order chi connectivity index (χ0) is 20.5. The summed E-state index contributed by atoms with van der Waals surface area (Å²) in [6.45, 7) is -0.785. The van der Waals surface area contributed by atoms with Crippen LogP contribution in [-0.2, 0) is 9.53 Å². The molecule has 0 aliphatic rings. The van der Waals surface area contributed by atoms with E-state index in [-0.39, 0.29) is 0 Å². The van der Waals surface area contributed by atoms with Gasteiger partial charge in [0.1, 0.15) is 24.4 Å². The van der Waals surface area contributed by atoms with Crippen LogP contribution in [0.5, 0.6) is 0 Å². The Labute approximate surface area is 162 Å². The molecule has 0 aromatic heterocycles. The lowest BCUT2D eigenvalue weighted by Crippen LogP contribution is -2.45. The van der Waals surface area contributed by atoms with Gasteiger partial charge in [-0.05, 0) is 17.2 Å². The monoisotopic (exact) mass is 388 g/mol. The number of ether oxygens (including phenoxy) is 1. The fourth-order valence-corrected chi connectivity index (χ4v) is 2.57. The third kappa shape index (κ3) is 5.98. The van der Waals surface area contributed by atoms with E-state index in [2.05, 4.69) is 0 Å². The molecule has 0 unspecified atom stereocenters. The first-order valence-corrected chi connectivity index (χ1v) is 8.76. The van der Waals surface area contributed by atoms with E-state index in [0.29, 0.717) is 0 Å². The van der Waals surface area contributed by atoms with Crippen LogP contribution in [0.1, 0.15) is 17.2 Å². The molecule has 2 aromatic carbocycles. The highest BCUT2D eigenvalue weighted by Crippen LogP contribution is 2.26. The fraction of sp³-hybridized carbons (Fsp3) is 0.286. The predicted octanol–water partition coefficient (Wildman–Crippen LogP) is 0.311. The molecule has 0 fully saturated rings. The van der Waals surface area contributed by atoms with E-state index in [9.17, 15) is 25.2 Å². The van der Waals surface area contributed by atoms with E-state index in [1.54, 1.807) is 0 Å². The van der Waals surface area contributed by atoms with E-state index in [1.807, 2.05) is 60.7 Å². The summed E-state index contributed by atoms with van der Waals surface area (Å²) in [5.74, 6) is -0.763. The number of esters is 1. The molecule has 0 amide bonds. The van der Waals surface area contributed by atoms with Gasteiger partial charge in [0.05, 0.1) is 6.61 Å². The number of benzene rings is 2. The molecule has 0 aliphatic heterocycles. The van der Waals surface area contributed by atoms with E-state index in [4.69, 9.17) is 9.84 Å². The standard InChI is InChI=1S/C21H24O7/c22-13-17(24)20(27)19(26)16(23)11-12-18(25)28-21(14-7-3-1-4-8-14)15-9-5-2-6-10-15/h1-12,16-17,19-24,26-27H,13H2/b12-11+/t16-,17+,19+,20-/m0/s1. The Morgan fingerprint density at radius 2 is 1.36 bits per heavy atom. The number of hydrogen-bond acceptors (Lipinski definition) is 7. The molecule has 0 radical (unpaired) electrons. The molecule has 0 bridgehead atoms. The second-order valence-electron chi connectivity index (χ2n) is 6.22. The van der Waals surface area contributed by atoms with Gasteiger partial charge in [-0.1, -0.05) is 60.7 Å². The highest BCUT2D eigenvalue weighted by atomic mass is 16.5. The van der Waals surface area contributed by atoms with Crippen LogP contribution in [0.4, 0.5) is 0 Å². The molecule has 4 atom stereocenters. The predicted molar refractivity (Wildman–Crippen MR) is 101 cm³/mol. The van der Waals surface area contributed by atoms with Gasteiger partial charge >= 0.3 is 5.97 Å². The topological polar surface area (TPSA) is 127 Å². The van der Waals surface area contributed by atoms with Crippen LogP contribution in [0, 0.1) is 0 Å². The van der Waals surface area contributed by atoms with E-state index in [0.717, 1.165) is 23.3 Å². The van der Waals surface area contributed by atoms with Crippen LogP contribution in [0.25, 0.3) is 0 Å². The summed E-state index contributed by atoms with van der Waals surface area (Å²) in [7, 11) is 0. The van der Waals surface area contributed by atoms with Gasteiger partial charge in [-0.2, -0.15) is 0 Å². The zero-order valence-electron chi connectivity index (χ0n) is 15.1. The fourth-order valence-electron chi connectivity index (χ4n) is 2.57. The maximum atomic E-state index is 12.2. The Bertz CT molecular complexity index is 708. The van der Waals surface area contributed by atoms with Crippen molar-refractivity contribution in [1.82, 2.24) is 0 Å². The van der Waals surface area contributed by atoms with Gasteiger partial charge in [-0.25, -0.2) is 4.79 Å². The molecule has 5 N–H and O–H groups in total. The largest absolute Gasteiger partial charge is 0.449 e. The van der Waals surface area contributed by atoms with E-state index < -0.39 is 43.1 Å². The quantitative estimate of drug-likeness (QED) is 0.309. The minimum absolute atomic E-state index is 0.664. The summed E-state index contributed by atoms with van der Waals surface area (Å²) >= 11 is 0. The summed E-state index contributed by atoms with van der Waals surface area (Å²) in [6.07, 6.45) is -5.60. The van der Waals surface area contributed by atoms with E-state index >= 15 is 0 Å². The smallest absolute Gasteiger partial charge is 0.331 e. The summed E-state index contributed by atoms with van der Waals surface area (Å²) in [5.41, 5.74) is 1.52. The minimum atomic E-state index is -1.79. The van der Waals surface area contributed by atoms with Crippen molar-refractivity contribution in [2.24, 2.45) is 0 Å². The van der Waals surface area contributed by atoms with Crippen LogP contribution >= 0.6 is 0 Å². The molecular formula is C21H24O7. The molecule has 2 aromatic rings. The maximum absolute atomic E-state index is 12.2. The number of aliphatic hydroxyl groups is 5. The van der Waals surface area contributed by atoms with Gasteiger partial charge in [0, 0.05) is 6.08 Å². The summed E-state index contributed by atoms with van der Waals surface area (Å²) in [5, 5.41) is 47.3. The van der Waals surface area contributed by atoms with Crippen molar-refractivity contribution in [3.63, 3.8) is 0 Å². The molecule has 2 rings (SSSR count). The third-order valence-corrected chi connectivity index (χ3v) is 4.15. The van der Waals surface area contributed by atoms with Gasteiger partial charge in [0.15, 0.2) is 6.10 Å². The molecule has 0 aliphatic carbocycles. The van der Waals surface area contributed by atoms with Crippen molar-refractivity contribution in [2.45, 2.75) is 30.5 Å². The molecule has 0 saturated carbocycles. The van der Waals surface area contributed by atoms with Crippen LogP contribution in [0.3, 0.4) is 0 Å². The molecular weight excluding hydrogens is 364 g/mol. The Morgan fingerprint density at radius 1 is 0.857 bits per heavy atom. The Hall–Kier alpha value is -2.55. The molecule has 0 spiro atoms. The van der Waals surface area contributed by atoms with E-state index in [1.165, 1.54) is 0 Å². The van der Waals surface area contributed by atoms with Crippen molar-refractivity contribution < 1.29 is 35.1 Å². The Morgan fingerprint density at radius 3 is 1.82 bits per heavy atom. The number of hydrogen-bond donors (Lipinski definition) is 5. The molecule has 7 nitrogen and oxygen atoms in total. The lowest BCUT2D eigenvalue weighted by molar-refractivity contribution is -0.141. The zero-order valence-corrected chi connectivity index (χ0v) is 15.1. The second-order valence-corrected chi connectivity index (χ2v) is 6.22. The summed E-state index contributed by atoms with van der Waals surface area (Å²) in [4.78, 5) is 12.2. The van der Waals surface area contributed by atoms with Gasteiger partial charge in [0.2, 0.25) is 0 Å². The average Bonchev–Trinajstić information content (AvgIpc) is 2.75. The van der Waals surface area contributed by atoms with Gasteiger partial charge in [-0.15, -0.1) is 0 Å². The van der Waals surface area contributed by atoms with Crippen molar-refractivity contribution in [3.05, 3.63) is 83.9 Å². The van der Waals surface area contributed by atoms with Crippen LogP contribution < -0.4 is 0 Å². The highest BCUT2D eigenvalue weighted by molar-refractivity contribution is 5.82. The first-order chi connectivity index (χ1) is 13.4. The van der Waals surface area contributed by atoms with Crippen molar-refractivity contribution >= 4 is 5.97 Å².